The molecular weight excluding hydrogens is 412 g/mol. The molecule has 1 aromatic carbocycles. The quantitative estimate of drug-likeness (QED) is 0.633. The van der Waals surface area contributed by atoms with Gasteiger partial charge in [0.05, 0.1) is 5.75 Å². The summed E-state index contributed by atoms with van der Waals surface area (Å²) in [5.74, 6) is 2.84. The molecule has 0 aliphatic carbocycles. The zero-order chi connectivity index (χ0) is 21.8. The second kappa shape index (κ2) is 8.99. The fraction of sp³-hybridized carbons (Fsp3) is 0.318. The van der Waals surface area contributed by atoms with Crippen LogP contribution in [0, 0.1) is 13.8 Å². The molecule has 1 saturated heterocycles. The average Bonchev–Trinajstić information content (AvgIpc) is 2.74. The molecule has 0 atom stereocenters. The molecule has 0 saturated carbocycles. The molecule has 4 rings (SSSR count). The summed E-state index contributed by atoms with van der Waals surface area (Å²) in [6, 6.07) is 15.1. The Balaban J connectivity index is 1.43. The van der Waals surface area contributed by atoms with Gasteiger partial charge in [-0.1, -0.05) is 30.3 Å². The van der Waals surface area contributed by atoms with E-state index >= 15 is 0 Å². The van der Waals surface area contributed by atoms with Crippen LogP contribution in [0.2, 0.25) is 0 Å². The normalized spacial score (nSPS) is 15.1. The minimum Gasteiger partial charge on any atom is -0.354 e. The lowest BCUT2D eigenvalue weighted by atomic mass is 10.2. The molecule has 1 N–H and O–H groups in total. The van der Waals surface area contributed by atoms with Gasteiger partial charge in [0.15, 0.2) is 0 Å². The number of nitrogens with one attached hydrogen (secondary N) is 1. The average molecular weight is 439 g/mol. The lowest BCUT2D eigenvalue weighted by Gasteiger charge is -2.34. The Kier molecular flexibility index (Phi) is 6.15. The highest BCUT2D eigenvalue weighted by Gasteiger charge is 2.28. The van der Waals surface area contributed by atoms with Crippen molar-refractivity contribution in [3.63, 3.8) is 0 Å². The predicted octanol–water partition coefficient (Wildman–Crippen LogP) is 2.88. The minimum atomic E-state index is -3.35. The molecule has 31 heavy (non-hydrogen) atoms. The van der Waals surface area contributed by atoms with Crippen molar-refractivity contribution in [2.45, 2.75) is 19.6 Å². The molecule has 2 aromatic heterocycles. The third kappa shape index (κ3) is 5.36. The van der Waals surface area contributed by atoms with Crippen molar-refractivity contribution < 1.29 is 8.42 Å². The Labute approximate surface area is 183 Å². The number of hydrogen-bond acceptors (Lipinski definition) is 7. The number of anilines is 3. The predicted molar refractivity (Wildman–Crippen MR) is 122 cm³/mol. The molecule has 8 nitrogen and oxygen atoms in total. The first-order valence-corrected chi connectivity index (χ1v) is 11.8. The van der Waals surface area contributed by atoms with E-state index in [0.29, 0.717) is 37.8 Å². The molecule has 162 valence electrons. The van der Waals surface area contributed by atoms with E-state index in [1.54, 1.807) is 10.5 Å². The Morgan fingerprint density at radius 2 is 1.68 bits per heavy atom. The number of aromatic nitrogens is 3. The summed E-state index contributed by atoms with van der Waals surface area (Å²) in [5, 5.41) is 3.23. The van der Waals surface area contributed by atoms with Crippen LogP contribution >= 0.6 is 0 Å². The molecule has 0 radical (unpaired) electrons. The largest absolute Gasteiger partial charge is 0.354 e. The van der Waals surface area contributed by atoms with E-state index in [-0.39, 0.29) is 5.75 Å². The molecule has 1 aliphatic heterocycles. The van der Waals surface area contributed by atoms with Crippen LogP contribution in [0.5, 0.6) is 0 Å². The minimum absolute atomic E-state index is 0.0258. The fourth-order valence-electron chi connectivity index (χ4n) is 3.59. The summed E-state index contributed by atoms with van der Waals surface area (Å²) in [4.78, 5) is 15.4. The number of benzene rings is 1. The Bertz CT molecular complexity index is 1150. The van der Waals surface area contributed by atoms with E-state index in [0.717, 1.165) is 22.8 Å². The molecule has 3 aromatic rings. The van der Waals surface area contributed by atoms with Crippen LogP contribution in [0.15, 0.2) is 54.7 Å². The van der Waals surface area contributed by atoms with Gasteiger partial charge in [0.2, 0.25) is 10.0 Å². The summed E-state index contributed by atoms with van der Waals surface area (Å²) in [7, 11) is -3.35. The monoisotopic (exact) mass is 438 g/mol. The standard InChI is InChI=1S/C22H26N6O2S/c1-17-8-9-23-20(14-17)26-21-15-22(25-18(2)24-21)27-10-12-28(13-11-27)31(29,30)16-19-6-4-3-5-7-19/h3-9,14-15H,10-13,16H2,1-2H3,(H,23,24,25,26). The highest BCUT2D eigenvalue weighted by Crippen LogP contribution is 2.22. The maximum Gasteiger partial charge on any atom is 0.218 e. The summed E-state index contributed by atoms with van der Waals surface area (Å²) < 4.78 is 27.2. The number of sulfonamides is 1. The lowest BCUT2D eigenvalue weighted by Crippen LogP contribution is -2.49. The first-order valence-electron chi connectivity index (χ1n) is 10.2. The van der Waals surface area contributed by atoms with Gasteiger partial charge in [-0.25, -0.2) is 23.4 Å². The van der Waals surface area contributed by atoms with Crippen LogP contribution in [-0.4, -0.2) is 53.9 Å². The van der Waals surface area contributed by atoms with Gasteiger partial charge in [-0.3, -0.25) is 0 Å². The molecule has 0 unspecified atom stereocenters. The van der Waals surface area contributed by atoms with E-state index in [1.807, 2.05) is 62.4 Å². The van der Waals surface area contributed by atoms with E-state index < -0.39 is 10.0 Å². The molecule has 9 heteroatoms. The van der Waals surface area contributed by atoms with Gasteiger partial charge < -0.3 is 10.2 Å². The van der Waals surface area contributed by atoms with Crippen molar-refractivity contribution in [3.05, 3.63) is 71.7 Å². The van der Waals surface area contributed by atoms with Gasteiger partial charge in [0.1, 0.15) is 23.3 Å². The van der Waals surface area contributed by atoms with Gasteiger partial charge in [0, 0.05) is 38.4 Å². The first kappa shape index (κ1) is 21.2. The third-order valence-corrected chi connectivity index (χ3v) is 6.99. The maximum absolute atomic E-state index is 12.8. The van der Waals surface area contributed by atoms with E-state index in [9.17, 15) is 8.42 Å². The second-order valence-corrected chi connectivity index (χ2v) is 9.60. The van der Waals surface area contributed by atoms with Gasteiger partial charge >= 0.3 is 0 Å². The summed E-state index contributed by atoms with van der Waals surface area (Å²) in [6.07, 6.45) is 1.75. The van der Waals surface area contributed by atoms with Gasteiger partial charge in [-0.15, -0.1) is 0 Å². The van der Waals surface area contributed by atoms with Crippen molar-refractivity contribution in [2.24, 2.45) is 0 Å². The molecule has 1 aliphatic rings. The van der Waals surface area contributed by atoms with E-state index in [2.05, 4.69) is 25.2 Å². The van der Waals surface area contributed by atoms with Crippen molar-refractivity contribution >= 4 is 27.5 Å². The fourth-order valence-corrected chi connectivity index (χ4v) is 5.10. The second-order valence-electron chi connectivity index (χ2n) is 7.63. The molecule has 1 fully saturated rings. The van der Waals surface area contributed by atoms with Crippen LogP contribution < -0.4 is 10.2 Å². The van der Waals surface area contributed by atoms with Crippen LogP contribution in [-0.2, 0) is 15.8 Å². The third-order valence-electron chi connectivity index (χ3n) is 5.14. The number of piperazine rings is 1. The topological polar surface area (TPSA) is 91.3 Å². The molecular formula is C22H26N6O2S. The number of rotatable bonds is 6. The molecule has 0 bridgehead atoms. The molecule has 0 spiro atoms. The number of pyridine rings is 1. The van der Waals surface area contributed by atoms with Crippen molar-refractivity contribution in [3.8, 4) is 0 Å². The Morgan fingerprint density at radius 3 is 2.39 bits per heavy atom. The number of nitrogens with zero attached hydrogens (tertiary/aromatic N) is 5. The van der Waals surface area contributed by atoms with E-state index in [4.69, 9.17) is 0 Å². The van der Waals surface area contributed by atoms with Gasteiger partial charge in [-0.05, 0) is 37.1 Å². The van der Waals surface area contributed by atoms with Crippen LogP contribution in [0.4, 0.5) is 17.5 Å². The molecule has 0 amide bonds. The van der Waals surface area contributed by atoms with Crippen molar-refractivity contribution in [2.75, 3.05) is 36.4 Å². The van der Waals surface area contributed by atoms with Crippen molar-refractivity contribution in [1.82, 2.24) is 19.3 Å². The summed E-state index contributed by atoms with van der Waals surface area (Å²) >= 11 is 0. The van der Waals surface area contributed by atoms with Gasteiger partial charge in [-0.2, -0.15) is 4.31 Å². The van der Waals surface area contributed by atoms with Crippen molar-refractivity contribution in [1.29, 1.82) is 0 Å². The number of hydrogen-bond donors (Lipinski definition) is 1. The zero-order valence-electron chi connectivity index (χ0n) is 17.7. The Morgan fingerprint density at radius 1 is 0.935 bits per heavy atom. The first-order chi connectivity index (χ1) is 14.9. The van der Waals surface area contributed by atoms with Gasteiger partial charge in [0.25, 0.3) is 0 Å². The summed E-state index contributed by atoms with van der Waals surface area (Å²) in [6.45, 7) is 5.87. The number of aryl methyl sites for hydroxylation is 2. The van der Waals surface area contributed by atoms with Crippen LogP contribution in [0.25, 0.3) is 0 Å². The highest BCUT2D eigenvalue weighted by molar-refractivity contribution is 7.88. The smallest absolute Gasteiger partial charge is 0.218 e. The highest BCUT2D eigenvalue weighted by atomic mass is 32.2. The van der Waals surface area contributed by atoms with E-state index in [1.165, 1.54) is 0 Å². The van der Waals surface area contributed by atoms with Crippen LogP contribution in [0.1, 0.15) is 17.0 Å². The Hall–Kier alpha value is -3.04. The maximum atomic E-state index is 12.8. The molecule has 3 heterocycles. The zero-order valence-corrected chi connectivity index (χ0v) is 18.5. The lowest BCUT2D eigenvalue weighted by molar-refractivity contribution is 0.383. The van der Waals surface area contributed by atoms with Crippen LogP contribution in [0.3, 0.4) is 0 Å². The summed E-state index contributed by atoms with van der Waals surface area (Å²) in [5.41, 5.74) is 1.91. The SMILES string of the molecule is Cc1ccnc(Nc2cc(N3CCN(S(=O)(=O)Cc4ccccc4)CC3)nc(C)n2)c1.